The fraction of sp³-hybridized carbons (Fsp3) is 0.333. The molecule has 3 rings (SSSR count). The maximum Gasteiger partial charge on any atom is 0.345 e. The molecular formula is C9H10N8O3S. The predicted molar refractivity (Wildman–Crippen MR) is 71.7 cm³/mol. The van der Waals surface area contributed by atoms with Gasteiger partial charge in [0.1, 0.15) is 6.33 Å². The molecule has 1 fully saturated rings. The van der Waals surface area contributed by atoms with Gasteiger partial charge in [0.25, 0.3) is 0 Å². The zero-order valence-electron chi connectivity index (χ0n) is 10.5. The molecule has 0 radical (unpaired) electrons. The van der Waals surface area contributed by atoms with Crippen LogP contribution in [0.1, 0.15) is 18.9 Å². The Labute approximate surface area is 121 Å². The van der Waals surface area contributed by atoms with Crippen LogP contribution in [-0.2, 0) is 0 Å². The predicted octanol–water partition coefficient (Wildman–Crippen LogP) is 0.0413. The first-order chi connectivity index (χ1) is 10.1. The quantitative estimate of drug-likeness (QED) is 0.300. The van der Waals surface area contributed by atoms with Crippen LogP contribution in [-0.4, -0.2) is 29.7 Å². The minimum Gasteiger partial charge on any atom is -0.303 e. The van der Waals surface area contributed by atoms with Gasteiger partial charge >= 0.3 is 11.4 Å². The van der Waals surface area contributed by atoms with Crippen molar-refractivity contribution in [3.63, 3.8) is 0 Å². The first-order valence-electron chi connectivity index (χ1n) is 5.92. The molecule has 0 atom stereocenters. The van der Waals surface area contributed by atoms with E-state index in [2.05, 4.69) is 25.6 Å². The minimum absolute atomic E-state index is 0.0591. The van der Waals surface area contributed by atoms with Gasteiger partial charge in [0.05, 0.1) is 4.92 Å². The first-order valence-corrected chi connectivity index (χ1v) is 6.74. The zero-order valence-corrected chi connectivity index (χ0v) is 11.3. The molecule has 11 nitrogen and oxygen atoms in total. The van der Waals surface area contributed by atoms with E-state index in [1.54, 1.807) is 0 Å². The third kappa shape index (κ3) is 2.45. The summed E-state index contributed by atoms with van der Waals surface area (Å²) in [5, 5.41) is 17.8. The van der Waals surface area contributed by atoms with Gasteiger partial charge in [0, 0.05) is 6.04 Å². The normalized spacial score (nSPS) is 14.1. The Bertz CT molecular complexity index is 752. The number of hydrogen-bond acceptors (Lipinski definition) is 9. The maximum atomic E-state index is 11.7. The molecule has 1 saturated carbocycles. The Balaban J connectivity index is 2.02. The van der Waals surface area contributed by atoms with Gasteiger partial charge < -0.3 is 5.43 Å². The van der Waals surface area contributed by atoms with E-state index in [0.29, 0.717) is 5.16 Å². The number of H-pyrrole nitrogens is 1. The average molecular weight is 310 g/mol. The van der Waals surface area contributed by atoms with Crippen LogP contribution in [0.25, 0.3) is 0 Å². The van der Waals surface area contributed by atoms with E-state index in [1.165, 1.54) is 4.57 Å². The Morgan fingerprint density at radius 3 is 2.90 bits per heavy atom. The lowest BCUT2D eigenvalue weighted by molar-refractivity contribution is -0.387. The number of aromatic nitrogens is 5. The summed E-state index contributed by atoms with van der Waals surface area (Å²) >= 11 is 0.920. The van der Waals surface area contributed by atoms with Crippen LogP contribution in [0.5, 0.6) is 0 Å². The molecule has 0 spiro atoms. The molecule has 4 N–H and O–H groups in total. The van der Waals surface area contributed by atoms with Crippen LogP contribution >= 0.6 is 11.8 Å². The summed E-state index contributed by atoms with van der Waals surface area (Å²) in [5.74, 6) is 5.11. The summed E-state index contributed by atoms with van der Waals surface area (Å²) < 4.78 is 1.48. The van der Waals surface area contributed by atoms with E-state index in [9.17, 15) is 14.9 Å². The number of hydrogen-bond donors (Lipinski definition) is 3. The van der Waals surface area contributed by atoms with Crippen LogP contribution in [0, 0.1) is 10.1 Å². The minimum atomic E-state index is -0.635. The van der Waals surface area contributed by atoms with E-state index in [0.717, 1.165) is 30.9 Å². The number of nitrogens with zero attached hydrogens (tertiary/aromatic N) is 5. The molecule has 12 heteroatoms. The maximum absolute atomic E-state index is 11.7. The number of anilines is 1. The van der Waals surface area contributed by atoms with E-state index in [4.69, 9.17) is 5.84 Å². The van der Waals surface area contributed by atoms with Crippen molar-refractivity contribution in [1.29, 1.82) is 0 Å². The van der Waals surface area contributed by atoms with Crippen molar-refractivity contribution in [2.45, 2.75) is 29.1 Å². The first kappa shape index (κ1) is 13.5. The van der Waals surface area contributed by atoms with Crippen LogP contribution in [0.3, 0.4) is 0 Å². The monoisotopic (exact) mass is 310 g/mol. The lowest BCUT2D eigenvalue weighted by atomic mass is 10.5. The van der Waals surface area contributed by atoms with Gasteiger partial charge in [-0.3, -0.25) is 14.7 Å². The second-order valence-electron chi connectivity index (χ2n) is 4.29. The molecule has 2 aromatic rings. The van der Waals surface area contributed by atoms with E-state index < -0.39 is 4.92 Å². The summed E-state index contributed by atoms with van der Waals surface area (Å²) in [6.07, 6.45) is 2.92. The van der Waals surface area contributed by atoms with Gasteiger partial charge in [0.15, 0.2) is 10.2 Å². The summed E-state index contributed by atoms with van der Waals surface area (Å²) in [7, 11) is 0. The SMILES string of the molecule is NNc1ncnc(Sc2n[nH]c(=O)n2C2CC2)c1[N+](=O)[O-]. The third-order valence-electron chi connectivity index (χ3n) is 2.88. The molecule has 110 valence electrons. The Hall–Kier alpha value is -2.47. The highest BCUT2D eigenvalue weighted by Crippen LogP contribution is 2.40. The van der Waals surface area contributed by atoms with Crippen LogP contribution in [0.15, 0.2) is 21.3 Å². The van der Waals surface area contributed by atoms with Gasteiger partial charge in [-0.1, -0.05) is 0 Å². The highest BCUT2D eigenvalue weighted by molar-refractivity contribution is 7.99. The second kappa shape index (κ2) is 5.14. The topological polar surface area (TPSA) is 158 Å². The van der Waals surface area contributed by atoms with E-state index in [-0.39, 0.29) is 28.3 Å². The average Bonchev–Trinajstić information content (AvgIpc) is 3.23. The van der Waals surface area contributed by atoms with Crippen LogP contribution in [0.4, 0.5) is 11.5 Å². The fourth-order valence-corrected chi connectivity index (χ4v) is 2.77. The van der Waals surface area contributed by atoms with E-state index >= 15 is 0 Å². The van der Waals surface area contributed by atoms with Crippen molar-refractivity contribution in [3.05, 3.63) is 26.9 Å². The van der Waals surface area contributed by atoms with Gasteiger partial charge in [-0.15, -0.1) is 5.10 Å². The molecule has 2 heterocycles. The summed E-state index contributed by atoms with van der Waals surface area (Å²) in [5.41, 5.74) is 1.46. The van der Waals surface area contributed by atoms with Crippen molar-refractivity contribution >= 4 is 23.3 Å². The number of nitrogen functional groups attached to an aromatic ring is 1. The smallest absolute Gasteiger partial charge is 0.303 e. The summed E-state index contributed by atoms with van der Waals surface area (Å²) in [6.45, 7) is 0. The lowest BCUT2D eigenvalue weighted by Gasteiger charge is -2.05. The lowest BCUT2D eigenvalue weighted by Crippen LogP contribution is -2.16. The number of aromatic amines is 1. The Kier molecular flexibility index (Phi) is 3.31. The molecule has 0 aromatic carbocycles. The number of rotatable bonds is 5. The fourth-order valence-electron chi connectivity index (χ4n) is 1.81. The summed E-state index contributed by atoms with van der Waals surface area (Å²) in [4.78, 5) is 29.8. The van der Waals surface area contributed by atoms with Crippen LogP contribution < -0.4 is 17.0 Å². The Morgan fingerprint density at radius 1 is 1.52 bits per heavy atom. The number of nitrogens with one attached hydrogen (secondary N) is 2. The van der Waals surface area contributed by atoms with E-state index in [1.807, 2.05) is 0 Å². The van der Waals surface area contributed by atoms with Crippen molar-refractivity contribution in [2.75, 3.05) is 5.43 Å². The number of hydrazine groups is 1. The van der Waals surface area contributed by atoms with Gasteiger partial charge in [-0.25, -0.2) is 25.7 Å². The van der Waals surface area contributed by atoms with Crippen molar-refractivity contribution in [1.82, 2.24) is 24.7 Å². The number of nitro groups is 1. The van der Waals surface area contributed by atoms with Gasteiger partial charge in [-0.05, 0) is 24.6 Å². The number of nitrogens with two attached hydrogens (primary N) is 1. The molecule has 0 unspecified atom stereocenters. The molecule has 21 heavy (non-hydrogen) atoms. The van der Waals surface area contributed by atoms with Crippen molar-refractivity contribution < 1.29 is 4.92 Å². The molecule has 0 bridgehead atoms. The molecule has 1 aliphatic carbocycles. The third-order valence-corrected chi connectivity index (χ3v) is 3.84. The highest BCUT2D eigenvalue weighted by atomic mass is 32.2. The molecule has 0 saturated heterocycles. The Morgan fingerprint density at radius 2 is 2.29 bits per heavy atom. The highest BCUT2D eigenvalue weighted by Gasteiger charge is 2.31. The molecule has 0 amide bonds. The zero-order chi connectivity index (χ0) is 15.0. The standard InChI is InChI=1S/C9H10N8O3S/c10-13-6-5(17(19)20)7(12-3-11-6)21-9-15-14-8(18)16(9)4-1-2-4/h3-4H,1-2,10H2,(H,14,18)(H,11,12,13). The van der Waals surface area contributed by atoms with Crippen molar-refractivity contribution in [2.24, 2.45) is 5.84 Å². The van der Waals surface area contributed by atoms with Crippen LogP contribution in [0.2, 0.25) is 0 Å². The molecule has 2 aromatic heterocycles. The molecule has 1 aliphatic rings. The molecular weight excluding hydrogens is 300 g/mol. The van der Waals surface area contributed by atoms with Crippen molar-refractivity contribution in [3.8, 4) is 0 Å². The summed E-state index contributed by atoms with van der Waals surface area (Å²) in [6, 6.07) is 0.0896. The second-order valence-corrected chi connectivity index (χ2v) is 5.25. The van der Waals surface area contributed by atoms with Gasteiger partial charge in [-0.2, -0.15) is 0 Å². The largest absolute Gasteiger partial charge is 0.345 e. The molecule has 0 aliphatic heterocycles. The van der Waals surface area contributed by atoms with Gasteiger partial charge in [0.2, 0.25) is 5.82 Å².